The Balaban J connectivity index is 2.10. The Morgan fingerprint density at radius 2 is 2.32 bits per heavy atom. The fraction of sp³-hybridized carbons (Fsp3) is 0.400. The minimum Gasteiger partial charge on any atom is -0.312 e. The lowest BCUT2D eigenvalue weighted by Crippen LogP contribution is -2.25. The van der Waals surface area contributed by atoms with Crippen LogP contribution in [-0.4, -0.2) is 16.3 Å². The van der Waals surface area contributed by atoms with E-state index in [1.54, 1.807) is 0 Å². The molecule has 1 aliphatic rings. The highest BCUT2D eigenvalue weighted by molar-refractivity contribution is 6.30. The molecule has 3 nitrogen and oxygen atoms in total. The first-order valence-corrected chi connectivity index (χ1v) is 7.23. The van der Waals surface area contributed by atoms with Gasteiger partial charge in [0.05, 0.1) is 17.1 Å². The first-order valence-electron chi connectivity index (χ1n) is 6.86. The monoisotopic (exact) mass is 275 g/mol. The van der Waals surface area contributed by atoms with Gasteiger partial charge in [0.2, 0.25) is 0 Å². The van der Waals surface area contributed by atoms with Crippen LogP contribution in [0.5, 0.6) is 0 Å². The van der Waals surface area contributed by atoms with Crippen molar-refractivity contribution >= 4 is 11.6 Å². The molecule has 1 aromatic heterocycles. The number of halogens is 1. The molecule has 0 atom stereocenters. The van der Waals surface area contributed by atoms with E-state index in [0.29, 0.717) is 0 Å². The number of nitrogens with one attached hydrogen (secondary N) is 1. The molecule has 0 radical (unpaired) electrons. The van der Waals surface area contributed by atoms with Gasteiger partial charge in [-0.2, -0.15) is 5.10 Å². The number of hydrogen-bond acceptors (Lipinski definition) is 2. The molecule has 0 saturated carbocycles. The summed E-state index contributed by atoms with van der Waals surface area (Å²) in [6.07, 6.45) is 3.19. The van der Waals surface area contributed by atoms with Crippen LogP contribution in [0.2, 0.25) is 5.02 Å². The van der Waals surface area contributed by atoms with Gasteiger partial charge in [0, 0.05) is 30.1 Å². The lowest BCUT2D eigenvalue weighted by molar-refractivity contribution is 0.621. The van der Waals surface area contributed by atoms with E-state index in [0.717, 1.165) is 43.1 Å². The van der Waals surface area contributed by atoms with Crippen LogP contribution in [0.1, 0.15) is 30.3 Å². The van der Waals surface area contributed by atoms with Crippen molar-refractivity contribution < 1.29 is 0 Å². The number of hydrogen-bond donors (Lipinski definition) is 1. The van der Waals surface area contributed by atoms with Crippen LogP contribution in [0.15, 0.2) is 24.3 Å². The number of benzene rings is 1. The lowest BCUT2D eigenvalue weighted by Gasteiger charge is -2.15. The summed E-state index contributed by atoms with van der Waals surface area (Å²) >= 11 is 6.09. The van der Waals surface area contributed by atoms with E-state index in [2.05, 4.69) is 23.0 Å². The highest BCUT2D eigenvalue weighted by atomic mass is 35.5. The summed E-state index contributed by atoms with van der Waals surface area (Å²) in [6.45, 7) is 4.15. The maximum absolute atomic E-state index is 6.09. The number of rotatable bonds is 3. The maximum Gasteiger partial charge on any atom is 0.0676 e. The molecule has 4 heteroatoms. The van der Waals surface area contributed by atoms with Gasteiger partial charge in [0.1, 0.15) is 0 Å². The molecule has 2 heterocycles. The Morgan fingerprint density at radius 1 is 1.42 bits per heavy atom. The molecule has 0 fully saturated rings. The van der Waals surface area contributed by atoms with Gasteiger partial charge in [-0.1, -0.05) is 31.0 Å². The number of fused-ring (bicyclic) bond motifs is 1. The second-order valence-corrected chi connectivity index (χ2v) is 5.38. The van der Waals surface area contributed by atoms with E-state index in [9.17, 15) is 0 Å². The molecule has 19 heavy (non-hydrogen) atoms. The van der Waals surface area contributed by atoms with Crippen molar-refractivity contribution in [2.75, 3.05) is 6.54 Å². The molecular weight excluding hydrogens is 258 g/mol. The van der Waals surface area contributed by atoms with Crippen molar-refractivity contribution in [3.05, 3.63) is 46.2 Å². The molecule has 1 aliphatic heterocycles. The predicted octanol–water partition coefficient (Wildman–Crippen LogP) is 3.12. The van der Waals surface area contributed by atoms with Crippen molar-refractivity contribution in [1.82, 2.24) is 15.1 Å². The molecule has 1 N–H and O–H groups in total. The number of aryl methyl sites for hydroxylation is 1. The summed E-state index contributed by atoms with van der Waals surface area (Å²) in [5.41, 5.74) is 5.01. The van der Waals surface area contributed by atoms with Crippen LogP contribution < -0.4 is 5.32 Å². The molecule has 0 saturated heterocycles. The average molecular weight is 276 g/mol. The van der Waals surface area contributed by atoms with Gasteiger partial charge in [-0.25, -0.2) is 4.68 Å². The molecule has 1 aromatic carbocycles. The Bertz CT molecular complexity index is 589. The first kappa shape index (κ1) is 12.7. The fourth-order valence-corrected chi connectivity index (χ4v) is 2.86. The van der Waals surface area contributed by atoms with Crippen molar-refractivity contribution in [2.24, 2.45) is 0 Å². The van der Waals surface area contributed by atoms with Crippen LogP contribution in [0.25, 0.3) is 5.69 Å². The topological polar surface area (TPSA) is 29.9 Å². The zero-order valence-electron chi connectivity index (χ0n) is 11.1. The lowest BCUT2D eigenvalue weighted by atomic mass is 10.0. The van der Waals surface area contributed by atoms with Crippen molar-refractivity contribution in [3.63, 3.8) is 0 Å². The highest BCUT2D eigenvalue weighted by Crippen LogP contribution is 2.24. The Labute approximate surface area is 118 Å². The second kappa shape index (κ2) is 5.35. The van der Waals surface area contributed by atoms with Gasteiger partial charge in [0.25, 0.3) is 0 Å². The standard InChI is InChI=1S/C15H18ClN3/c1-2-4-14-13-10-17-8-7-15(13)19(18-14)12-6-3-5-11(16)9-12/h3,5-6,9,17H,2,4,7-8,10H2,1H3. The largest absolute Gasteiger partial charge is 0.312 e. The van der Waals surface area contributed by atoms with Crippen molar-refractivity contribution in [3.8, 4) is 5.69 Å². The van der Waals surface area contributed by atoms with Crippen molar-refractivity contribution in [2.45, 2.75) is 32.7 Å². The fourth-order valence-electron chi connectivity index (χ4n) is 2.68. The quantitative estimate of drug-likeness (QED) is 0.933. The number of nitrogens with zero attached hydrogens (tertiary/aromatic N) is 2. The third-order valence-corrected chi connectivity index (χ3v) is 3.79. The molecule has 100 valence electrons. The number of aromatic nitrogens is 2. The highest BCUT2D eigenvalue weighted by Gasteiger charge is 2.20. The summed E-state index contributed by atoms with van der Waals surface area (Å²) in [5.74, 6) is 0. The zero-order chi connectivity index (χ0) is 13.2. The second-order valence-electron chi connectivity index (χ2n) is 4.94. The van der Waals surface area contributed by atoms with E-state index >= 15 is 0 Å². The van der Waals surface area contributed by atoms with E-state index < -0.39 is 0 Å². The predicted molar refractivity (Wildman–Crippen MR) is 78.0 cm³/mol. The summed E-state index contributed by atoms with van der Waals surface area (Å²) in [4.78, 5) is 0. The molecule has 2 aromatic rings. The average Bonchev–Trinajstić information content (AvgIpc) is 2.79. The summed E-state index contributed by atoms with van der Waals surface area (Å²) in [7, 11) is 0. The normalized spacial score (nSPS) is 14.4. The summed E-state index contributed by atoms with van der Waals surface area (Å²) < 4.78 is 2.08. The SMILES string of the molecule is CCCc1nn(-c2cccc(Cl)c2)c2c1CNCC2. The van der Waals surface area contributed by atoms with Crippen LogP contribution in [0.4, 0.5) is 0 Å². The van der Waals surface area contributed by atoms with Gasteiger partial charge in [0.15, 0.2) is 0 Å². The summed E-state index contributed by atoms with van der Waals surface area (Å²) in [6, 6.07) is 7.92. The van der Waals surface area contributed by atoms with E-state index in [1.165, 1.54) is 17.0 Å². The molecule has 0 spiro atoms. The van der Waals surface area contributed by atoms with Gasteiger partial charge in [-0.15, -0.1) is 0 Å². The van der Waals surface area contributed by atoms with Crippen LogP contribution in [-0.2, 0) is 19.4 Å². The smallest absolute Gasteiger partial charge is 0.0676 e. The van der Waals surface area contributed by atoms with Crippen LogP contribution in [0, 0.1) is 0 Å². The summed E-state index contributed by atoms with van der Waals surface area (Å²) in [5, 5.41) is 9.00. The van der Waals surface area contributed by atoms with E-state index in [-0.39, 0.29) is 0 Å². The van der Waals surface area contributed by atoms with Gasteiger partial charge >= 0.3 is 0 Å². The Morgan fingerprint density at radius 3 is 3.11 bits per heavy atom. The van der Waals surface area contributed by atoms with Gasteiger partial charge < -0.3 is 5.32 Å². The first-order chi connectivity index (χ1) is 9.29. The Kier molecular flexibility index (Phi) is 3.58. The molecule has 3 rings (SSSR count). The minimum absolute atomic E-state index is 0.757. The molecule has 0 amide bonds. The van der Waals surface area contributed by atoms with E-state index in [4.69, 9.17) is 16.7 Å². The molecule has 0 bridgehead atoms. The third-order valence-electron chi connectivity index (χ3n) is 3.55. The molecule has 0 unspecified atom stereocenters. The zero-order valence-corrected chi connectivity index (χ0v) is 11.9. The van der Waals surface area contributed by atoms with Crippen LogP contribution >= 0.6 is 11.6 Å². The molecule has 0 aliphatic carbocycles. The third kappa shape index (κ3) is 2.40. The van der Waals surface area contributed by atoms with E-state index in [1.807, 2.05) is 18.2 Å². The van der Waals surface area contributed by atoms with Gasteiger partial charge in [-0.05, 0) is 24.6 Å². The maximum atomic E-state index is 6.09. The minimum atomic E-state index is 0.757. The Hall–Kier alpha value is -1.32. The molecular formula is C15H18ClN3. The van der Waals surface area contributed by atoms with Gasteiger partial charge in [-0.3, -0.25) is 0 Å². The van der Waals surface area contributed by atoms with Crippen molar-refractivity contribution in [1.29, 1.82) is 0 Å². The van der Waals surface area contributed by atoms with Crippen LogP contribution in [0.3, 0.4) is 0 Å².